The average molecular weight is 421 g/mol. The molecule has 3 aromatic rings. The molecule has 0 radical (unpaired) electrons. The number of carbonyl (C=O) groups is 2. The number of hydrogen-bond donors (Lipinski definition) is 1. The monoisotopic (exact) mass is 421 g/mol. The first-order valence-corrected chi connectivity index (χ1v) is 9.95. The summed E-state index contributed by atoms with van der Waals surface area (Å²) in [5.41, 5.74) is 3.40. The topological polar surface area (TPSA) is 110 Å². The third kappa shape index (κ3) is 4.31. The molecule has 1 saturated heterocycles. The van der Waals surface area contributed by atoms with E-state index in [2.05, 4.69) is 20.3 Å². The number of amides is 2. The highest BCUT2D eigenvalue weighted by Crippen LogP contribution is 2.25. The number of oxazole rings is 1. The van der Waals surface area contributed by atoms with Crippen molar-refractivity contribution < 1.29 is 18.7 Å². The summed E-state index contributed by atoms with van der Waals surface area (Å²) in [6.07, 6.45) is 3.05. The summed E-state index contributed by atoms with van der Waals surface area (Å²) in [6, 6.07) is 7.30. The molecule has 0 spiro atoms. The molecule has 160 valence electrons. The molecule has 0 aromatic carbocycles. The molecule has 2 amide bonds. The summed E-state index contributed by atoms with van der Waals surface area (Å²) in [5, 5.41) is 2.55. The van der Waals surface area contributed by atoms with Crippen molar-refractivity contribution in [2.24, 2.45) is 0 Å². The van der Waals surface area contributed by atoms with Crippen molar-refractivity contribution in [3.8, 4) is 11.1 Å². The van der Waals surface area contributed by atoms with E-state index in [1.807, 2.05) is 18.2 Å². The summed E-state index contributed by atoms with van der Waals surface area (Å²) >= 11 is 0. The van der Waals surface area contributed by atoms with Gasteiger partial charge in [0.15, 0.2) is 5.89 Å². The Balaban J connectivity index is 1.46. The first-order chi connectivity index (χ1) is 15.0. The molecule has 3 aromatic heterocycles. The van der Waals surface area contributed by atoms with Crippen molar-refractivity contribution in [2.75, 3.05) is 26.7 Å². The Bertz CT molecular complexity index is 1090. The van der Waals surface area contributed by atoms with Crippen LogP contribution in [0.3, 0.4) is 0 Å². The fourth-order valence-corrected chi connectivity index (χ4v) is 3.48. The highest BCUT2D eigenvalue weighted by atomic mass is 16.5. The molecule has 31 heavy (non-hydrogen) atoms. The molecule has 1 fully saturated rings. The first-order valence-electron chi connectivity index (χ1n) is 9.95. The van der Waals surface area contributed by atoms with E-state index in [1.165, 1.54) is 0 Å². The van der Waals surface area contributed by atoms with E-state index in [-0.39, 0.29) is 23.7 Å². The molecule has 9 nitrogen and oxygen atoms in total. The van der Waals surface area contributed by atoms with Gasteiger partial charge in [-0.05, 0) is 19.1 Å². The Morgan fingerprint density at radius 3 is 2.42 bits per heavy atom. The van der Waals surface area contributed by atoms with Gasteiger partial charge in [0.25, 0.3) is 11.8 Å². The molecular formula is C22H23N5O4. The van der Waals surface area contributed by atoms with Crippen LogP contribution in [0.4, 0.5) is 0 Å². The number of nitrogens with one attached hydrogen (secondary N) is 1. The molecule has 4 heterocycles. The van der Waals surface area contributed by atoms with Gasteiger partial charge in [-0.15, -0.1) is 0 Å². The predicted octanol–water partition coefficient (Wildman–Crippen LogP) is 2.32. The van der Waals surface area contributed by atoms with Gasteiger partial charge < -0.3 is 19.4 Å². The average Bonchev–Trinajstić information content (AvgIpc) is 3.16. The Morgan fingerprint density at radius 1 is 1.10 bits per heavy atom. The zero-order valence-corrected chi connectivity index (χ0v) is 17.6. The van der Waals surface area contributed by atoms with Crippen LogP contribution in [-0.4, -0.2) is 58.4 Å². The summed E-state index contributed by atoms with van der Waals surface area (Å²) in [6.45, 7) is 4.76. The number of nitrogens with zero attached hydrogens (tertiary/aromatic N) is 4. The Hall–Kier alpha value is -3.59. The van der Waals surface area contributed by atoms with Gasteiger partial charge in [-0.2, -0.15) is 0 Å². The van der Waals surface area contributed by atoms with Gasteiger partial charge in [0.1, 0.15) is 11.8 Å². The van der Waals surface area contributed by atoms with Gasteiger partial charge in [0, 0.05) is 44.0 Å². The minimum absolute atomic E-state index is 0.190. The van der Waals surface area contributed by atoms with E-state index in [4.69, 9.17) is 9.15 Å². The number of aromatic nitrogens is 3. The Morgan fingerprint density at radius 2 is 1.84 bits per heavy atom. The number of hydrogen-bond acceptors (Lipinski definition) is 7. The number of ether oxygens (including phenoxy) is 1. The molecule has 0 saturated carbocycles. The maximum absolute atomic E-state index is 12.8. The first kappa shape index (κ1) is 20.7. The minimum atomic E-state index is -0.329. The normalized spacial score (nSPS) is 16.2. The molecule has 1 aliphatic rings. The van der Waals surface area contributed by atoms with Crippen LogP contribution < -0.4 is 5.32 Å². The standard InChI is InChI=1S/C22H23N5O4/c1-13-20(31-14(2)26-13)22(29)27-8-9-30-19(12-27)17-6-4-15(10-24-17)16-5-7-18(25-11-16)21(28)23-3/h4-7,10-11,19H,8-9,12H2,1-3H3,(H,23,28). The lowest BCUT2D eigenvalue weighted by Crippen LogP contribution is -2.42. The lowest BCUT2D eigenvalue weighted by molar-refractivity contribution is -0.0257. The zero-order valence-electron chi connectivity index (χ0n) is 17.6. The molecule has 1 aliphatic heterocycles. The Kier molecular flexibility index (Phi) is 5.77. The van der Waals surface area contributed by atoms with Crippen molar-refractivity contribution in [3.05, 3.63) is 65.4 Å². The van der Waals surface area contributed by atoms with Crippen molar-refractivity contribution in [3.63, 3.8) is 0 Å². The van der Waals surface area contributed by atoms with Crippen molar-refractivity contribution >= 4 is 11.8 Å². The van der Waals surface area contributed by atoms with Crippen LogP contribution >= 0.6 is 0 Å². The van der Waals surface area contributed by atoms with E-state index in [0.717, 1.165) is 16.8 Å². The number of carbonyl (C=O) groups excluding carboxylic acids is 2. The lowest BCUT2D eigenvalue weighted by Gasteiger charge is -2.32. The van der Waals surface area contributed by atoms with Gasteiger partial charge in [-0.3, -0.25) is 19.6 Å². The highest BCUT2D eigenvalue weighted by molar-refractivity contribution is 5.93. The largest absolute Gasteiger partial charge is 0.436 e. The van der Waals surface area contributed by atoms with Gasteiger partial charge >= 0.3 is 0 Å². The van der Waals surface area contributed by atoms with Gasteiger partial charge in [-0.25, -0.2) is 4.98 Å². The second-order valence-electron chi connectivity index (χ2n) is 7.24. The van der Waals surface area contributed by atoms with Crippen LogP contribution in [0.1, 0.15) is 44.4 Å². The SMILES string of the molecule is CNC(=O)c1ccc(-c2ccc(C3CN(C(=O)c4oc(C)nc4C)CCO3)nc2)cn1. The third-order valence-corrected chi connectivity index (χ3v) is 5.12. The second kappa shape index (κ2) is 8.65. The summed E-state index contributed by atoms with van der Waals surface area (Å²) < 4.78 is 11.3. The van der Waals surface area contributed by atoms with Gasteiger partial charge in [0.05, 0.1) is 24.5 Å². The maximum atomic E-state index is 12.8. The molecule has 0 aliphatic carbocycles. The van der Waals surface area contributed by atoms with E-state index in [0.29, 0.717) is 37.0 Å². The third-order valence-electron chi connectivity index (χ3n) is 5.12. The number of aryl methyl sites for hydroxylation is 2. The van der Waals surface area contributed by atoms with Crippen LogP contribution in [0.25, 0.3) is 11.1 Å². The van der Waals surface area contributed by atoms with Gasteiger partial charge in [0.2, 0.25) is 5.76 Å². The fraction of sp³-hybridized carbons (Fsp3) is 0.318. The van der Waals surface area contributed by atoms with Crippen LogP contribution in [0.15, 0.2) is 41.1 Å². The van der Waals surface area contributed by atoms with Crippen molar-refractivity contribution in [2.45, 2.75) is 20.0 Å². The Labute approximate surface area is 179 Å². The van der Waals surface area contributed by atoms with E-state index in [1.54, 1.807) is 44.3 Å². The number of pyridine rings is 2. The quantitative estimate of drug-likeness (QED) is 0.688. The summed E-state index contributed by atoms with van der Waals surface area (Å²) in [4.78, 5) is 39.1. The highest BCUT2D eigenvalue weighted by Gasteiger charge is 2.29. The maximum Gasteiger partial charge on any atom is 0.291 e. The van der Waals surface area contributed by atoms with Crippen LogP contribution in [0.2, 0.25) is 0 Å². The number of morpholine rings is 1. The van der Waals surface area contributed by atoms with Crippen LogP contribution in [0.5, 0.6) is 0 Å². The molecular weight excluding hydrogens is 398 g/mol. The van der Waals surface area contributed by atoms with Crippen molar-refractivity contribution in [1.82, 2.24) is 25.2 Å². The van der Waals surface area contributed by atoms with E-state index < -0.39 is 0 Å². The zero-order chi connectivity index (χ0) is 22.0. The molecule has 4 rings (SSSR count). The van der Waals surface area contributed by atoms with Crippen LogP contribution in [-0.2, 0) is 4.74 Å². The molecule has 0 bridgehead atoms. The smallest absolute Gasteiger partial charge is 0.291 e. The summed E-state index contributed by atoms with van der Waals surface area (Å²) in [7, 11) is 1.57. The number of rotatable bonds is 4. The van der Waals surface area contributed by atoms with E-state index in [9.17, 15) is 9.59 Å². The predicted molar refractivity (Wildman–Crippen MR) is 111 cm³/mol. The second-order valence-corrected chi connectivity index (χ2v) is 7.24. The summed E-state index contributed by atoms with van der Waals surface area (Å²) in [5.74, 6) is 0.324. The van der Waals surface area contributed by atoms with E-state index >= 15 is 0 Å². The van der Waals surface area contributed by atoms with Crippen molar-refractivity contribution in [1.29, 1.82) is 0 Å². The van der Waals surface area contributed by atoms with Crippen LogP contribution in [0, 0.1) is 13.8 Å². The lowest BCUT2D eigenvalue weighted by atomic mass is 10.1. The molecule has 9 heteroatoms. The molecule has 1 N–H and O–H groups in total. The fourth-order valence-electron chi connectivity index (χ4n) is 3.48. The van der Waals surface area contributed by atoms with Gasteiger partial charge in [-0.1, -0.05) is 12.1 Å². The minimum Gasteiger partial charge on any atom is -0.436 e. The molecule has 1 atom stereocenters. The molecule has 1 unspecified atom stereocenters.